The van der Waals surface area contributed by atoms with Crippen molar-refractivity contribution in [1.29, 1.82) is 5.26 Å². The van der Waals surface area contributed by atoms with Gasteiger partial charge in [0.25, 0.3) is 0 Å². The molecule has 0 bridgehead atoms. The van der Waals surface area contributed by atoms with E-state index in [9.17, 15) is 5.26 Å². The van der Waals surface area contributed by atoms with Crippen molar-refractivity contribution in [1.82, 2.24) is 0 Å². The molecule has 0 saturated heterocycles. The summed E-state index contributed by atoms with van der Waals surface area (Å²) in [6.07, 6.45) is 12.4. The molecule has 1 aliphatic rings. The van der Waals surface area contributed by atoms with Crippen molar-refractivity contribution in [3.05, 3.63) is 108 Å². The second-order valence-corrected chi connectivity index (χ2v) is 9.83. The minimum absolute atomic E-state index is 0.775. The third-order valence-electron chi connectivity index (χ3n) is 7.35. The molecule has 180 valence electrons. The number of azo groups is 1. The molecule has 0 aromatic heterocycles. The molecule has 0 amide bonds. The van der Waals surface area contributed by atoms with Gasteiger partial charge in [-0.05, 0) is 42.4 Å². The van der Waals surface area contributed by atoms with Crippen LogP contribution in [0.5, 0.6) is 0 Å². The summed E-state index contributed by atoms with van der Waals surface area (Å²) in [5, 5.41) is 20.7. The molecule has 0 heterocycles. The maximum absolute atomic E-state index is 10.5. The quantitative estimate of drug-likeness (QED) is 0.275. The number of rotatable bonds is 5. The summed E-state index contributed by atoms with van der Waals surface area (Å²) in [7, 11) is 0. The molecule has 1 fully saturated rings. The number of nitrogens with zero attached hydrogens (tertiary/aromatic N) is 3. The summed E-state index contributed by atoms with van der Waals surface area (Å²) in [5.74, 6) is 0. The van der Waals surface area contributed by atoms with Gasteiger partial charge >= 0.3 is 0 Å². The first-order valence-electron chi connectivity index (χ1n) is 13.3. The lowest BCUT2D eigenvalue weighted by Crippen LogP contribution is -2.30. The Morgan fingerprint density at radius 1 is 0.543 bits per heavy atom. The van der Waals surface area contributed by atoms with Crippen LogP contribution < -0.4 is 0 Å². The highest BCUT2D eigenvalue weighted by Gasteiger charge is 2.39. The van der Waals surface area contributed by atoms with E-state index in [0.29, 0.717) is 0 Å². The molecular formula is C32H37N3. The van der Waals surface area contributed by atoms with Crippen molar-refractivity contribution in [2.24, 2.45) is 10.2 Å². The van der Waals surface area contributed by atoms with Crippen molar-refractivity contribution in [2.45, 2.75) is 81.7 Å². The van der Waals surface area contributed by atoms with Crippen LogP contribution in [-0.2, 0) is 5.54 Å². The minimum Gasteiger partial charge on any atom is -0.196 e. The summed E-state index contributed by atoms with van der Waals surface area (Å²) in [6.45, 7) is 0. The van der Waals surface area contributed by atoms with Gasteiger partial charge in [0, 0.05) is 0 Å². The smallest absolute Gasteiger partial charge is 0.167 e. The summed E-state index contributed by atoms with van der Waals surface area (Å²) in [5.41, 5.74) is 1.59. The van der Waals surface area contributed by atoms with E-state index in [1.165, 1.54) is 44.9 Å². The number of hydrogen-bond acceptors (Lipinski definition) is 3. The van der Waals surface area contributed by atoms with Gasteiger partial charge < -0.3 is 0 Å². The van der Waals surface area contributed by atoms with Gasteiger partial charge in [-0.15, -0.1) is 0 Å². The fourth-order valence-electron chi connectivity index (χ4n) is 5.31. The molecule has 3 aromatic carbocycles. The van der Waals surface area contributed by atoms with E-state index in [-0.39, 0.29) is 0 Å². The van der Waals surface area contributed by atoms with Crippen LogP contribution in [0.25, 0.3) is 0 Å². The van der Waals surface area contributed by atoms with Crippen molar-refractivity contribution < 1.29 is 0 Å². The zero-order chi connectivity index (χ0) is 24.2. The minimum atomic E-state index is -0.808. The van der Waals surface area contributed by atoms with Crippen LogP contribution in [0.15, 0.2) is 101 Å². The van der Waals surface area contributed by atoms with Gasteiger partial charge in [0.15, 0.2) is 11.1 Å². The van der Waals surface area contributed by atoms with E-state index in [0.717, 1.165) is 42.4 Å². The van der Waals surface area contributed by atoms with Crippen molar-refractivity contribution in [3.63, 3.8) is 0 Å². The van der Waals surface area contributed by atoms with Gasteiger partial charge in [0.1, 0.15) is 0 Å². The maximum Gasteiger partial charge on any atom is 0.167 e. The normalized spacial score (nSPS) is 17.7. The third-order valence-corrected chi connectivity index (χ3v) is 7.35. The average molecular weight is 464 g/mol. The number of nitriles is 1. The first-order valence-corrected chi connectivity index (χ1v) is 13.3. The summed E-state index contributed by atoms with van der Waals surface area (Å²) >= 11 is 0. The van der Waals surface area contributed by atoms with E-state index in [1.54, 1.807) is 0 Å². The molecule has 1 saturated carbocycles. The topological polar surface area (TPSA) is 48.5 Å². The Balaban J connectivity index is 1.82. The molecule has 3 aromatic rings. The van der Waals surface area contributed by atoms with Gasteiger partial charge in [0.05, 0.1) is 6.07 Å². The Hall–Kier alpha value is -3.25. The molecular weight excluding hydrogens is 426 g/mol. The molecule has 0 N–H and O–H groups in total. The highest BCUT2D eigenvalue weighted by molar-refractivity contribution is 5.49. The van der Waals surface area contributed by atoms with Crippen LogP contribution in [0.1, 0.15) is 87.3 Å². The first-order chi connectivity index (χ1) is 17.3. The lowest BCUT2D eigenvalue weighted by Gasteiger charge is -2.32. The third kappa shape index (κ3) is 6.06. The first kappa shape index (κ1) is 24.9. The highest BCUT2D eigenvalue weighted by atomic mass is 15.2. The highest BCUT2D eigenvalue weighted by Crippen LogP contribution is 2.42. The number of benzene rings is 3. The predicted molar refractivity (Wildman–Crippen MR) is 143 cm³/mol. The zero-order valence-electron chi connectivity index (χ0n) is 20.8. The Kier molecular flexibility index (Phi) is 8.85. The van der Waals surface area contributed by atoms with Crippen molar-refractivity contribution in [2.75, 3.05) is 0 Å². The van der Waals surface area contributed by atoms with E-state index in [2.05, 4.69) is 78.9 Å². The van der Waals surface area contributed by atoms with E-state index in [4.69, 9.17) is 10.2 Å². The van der Waals surface area contributed by atoms with Gasteiger partial charge in [-0.2, -0.15) is 15.5 Å². The second-order valence-electron chi connectivity index (χ2n) is 9.83. The van der Waals surface area contributed by atoms with Gasteiger partial charge in [0.2, 0.25) is 0 Å². The molecule has 35 heavy (non-hydrogen) atoms. The molecule has 1 aliphatic carbocycles. The average Bonchev–Trinajstić information content (AvgIpc) is 2.92. The Labute approximate surface area is 210 Å². The fraction of sp³-hybridized carbons (Fsp3) is 0.406. The molecule has 0 unspecified atom stereocenters. The SMILES string of the molecule is N#CC1(/N=N/C(c2ccccc2)(c2ccccc2)c2ccccc2)CCCCCCCCCCC1. The summed E-state index contributed by atoms with van der Waals surface area (Å²) in [6, 6.07) is 33.8. The Bertz CT molecular complexity index is 975. The van der Waals surface area contributed by atoms with Crippen LogP contribution in [-0.4, -0.2) is 5.54 Å². The van der Waals surface area contributed by atoms with Crippen molar-refractivity contribution >= 4 is 0 Å². The van der Waals surface area contributed by atoms with Crippen molar-refractivity contribution in [3.8, 4) is 6.07 Å². The molecule has 0 spiro atoms. The van der Waals surface area contributed by atoms with Gasteiger partial charge in [-0.25, -0.2) is 0 Å². The van der Waals surface area contributed by atoms with Crippen LogP contribution in [0.3, 0.4) is 0 Å². The molecule has 0 radical (unpaired) electrons. The largest absolute Gasteiger partial charge is 0.196 e. The Morgan fingerprint density at radius 2 is 0.886 bits per heavy atom. The summed E-state index contributed by atoms with van der Waals surface area (Å²) in [4.78, 5) is 0. The molecule has 0 aliphatic heterocycles. The van der Waals surface area contributed by atoms with E-state index >= 15 is 0 Å². The molecule has 4 rings (SSSR count). The molecule has 0 atom stereocenters. The maximum atomic E-state index is 10.5. The lowest BCUT2D eigenvalue weighted by molar-refractivity contribution is 0.378. The van der Waals surface area contributed by atoms with E-state index < -0.39 is 11.1 Å². The lowest BCUT2D eigenvalue weighted by atomic mass is 9.78. The fourth-order valence-corrected chi connectivity index (χ4v) is 5.31. The standard InChI is InChI=1S/C32H37N3/c33-27-31(25-17-6-4-2-1-3-5-7-18-26-31)34-35-32(28-19-11-8-12-20-28,29-21-13-9-14-22-29)30-23-15-10-16-24-30/h8-16,19-24H,1-7,17-18,25-26H2/b35-34+. The predicted octanol–water partition coefficient (Wildman–Crippen LogP) is 9.00. The Morgan fingerprint density at radius 3 is 1.23 bits per heavy atom. The monoisotopic (exact) mass is 463 g/mol. The van der Waals surface area contributed by atoms with Gasteiger partial charge in [-0.1, -0.05) is 136 Å². The van der Waals surface area contributed by atoms with Crippen LogP contribution in [0.2, 0.25) is 0 Å². The van der Waals surface area contributed by atoms with Gasteiger partial charge in [-0.3, -0.25) is 0 Å². The van der Waals surface area contributed by atoms with Crippen LogP contribution >= 0.6 is 0 Å². The van der Waals surface area contributed by atoms with E-state index in [1.807, 2.05) is 18.2 Å². The molecule has 3 nitrogen and oxygen atoms in total. The number of hydrogen-bond donors (Lipinski definition) is 0. The second kappa shape index (κ2) is 12.5. The van der Waals surface area contributed by atoms with Crippen LogP contribution in [0, 0.1) is 11.3 Å². The zero-order valence-corrected chi connectivity index (χ0v) is 20.8. The molecule has 3 heteroatoms. The summed E-state index contributed by atoms with van der Waals surface area (Å²) < 4.78 is 0. The van der Waals surface area contributed by atoms with Crippen LogP contribution in [0.4, 0.5) is 0 Å².